The highest BCUT2D eigenvalue weighted by atomic mass is 35.5. The van der Waals surface area contributed by atoms with E-state index in [1.165, 1.54) is 36.3 Å². The summed E-state index contributed by atoms with van der Waals surface area (Å²) in [6.45, 7) is 4.01. The van der Waals surface area contributed by atoms with Gasteiger partial charge in [-0.1, -0.05) is 35.3 Å². The van der Waals surface area contributed by atoms with Gasteiger partial charge in [0.25, 0.3) is 11.7 Å². The fourth-order valence-corrected chi connectivity index (χ4v) is 4.20. The van der Waals surface area contributed by atoms with Crippen LogP contribution < -0.4 is 4.74 Å². The summed E-state index contributed by atoms with van der Waals surface area (Å²) in [4.78, 5) is 27.3. The number of methoxy groups -OCH3 is 1. The summed E-state index contributed by atoms with van der Waals surface area (Å²) < 4.78 is 10.9. The normalized spacial score (nSPS) is 17.9. The summed E-state index contributed by atoms with van der Waals surface area (Å²) in [6.07, 6.45) is -0.0658. The first kappa shape index (κ1) is 23.9. The van der Waals surface area contributed by atoms with E-state index in [1.807, 2.05) is 13.8 Å². The lowest BCUT2D eigenvalue weighted by molar-refractivity contribution is -0.140. The lowest BCUT2D eigenvalue weighted by Gasteiger charge is -2.26. The number of nitrogens with zero attached hydrogens (tertiary/aromatic N) is 1. The van der Waals surface area contributed by atoms with Gasteiger partial charge in [0, 0.05) is 11.6 Å². The molecule has 1 unspecified atom stereocenters. The van der Waals surface area contributed by atoms with E-state index in [0.29, 0.717) is 5.56 Å². The third-order valence-electron chi connectivity index (χ3n) is 4.98. The van der Waals surface area contributed by atoms with E-state index < -0.39 is 23.5 Å². The van der Waals surface area contributed by atoms with E-state index in [0.717, 1.165) is 0 Å². The molecule has 1 atom stereocenters. The van der Waals surface area contributed by atoms with E-state index in [9.17, 15) is 19.8 Å². The number of amides is 1. The second-order valence-electron chi connectivity index (χ2n) is 7.48. The molecule has 170 valence electrons. The molecular weight excluding hydrogens is 457 g/mol. The topological polar surface area (TPSA) is 96.3 Å². The Morgan fingerprint density at radius 1 is 1.19 bits per heavy atom. The summed E-state index contributed by atoms with van der Waals surface area (Å²) in [6, 6.07) is 8.03. The fourth-order valence-electron chi connectivity index (χ4n) is 3.63. The van der Waals surface area contributed by atoms with Gasteiger partial charge in [0.05, 0.1) is 42.0 Å². The molecule has 1 saturated heterocycles. The number of ether oxygens (including phenoxy) is 2. The van der Waals surface area contributed by atoms with Crippen molar-refractivity contribution in [1.82, 2.24) is 4.90 Å². The van der Waals surface area contributed by atoms with Crippen molar-refractivity contribution in [3.8, 4) is 11.5 Å². The van der Waals surface area contributed by atoms with Crippen LogP contribution in [-0.4, -0.2) is 53.2 Å². The monoisotopic (exact) mass is 479 g/mol. The molecule has 1 heterocycles. The number of ketones is 1. The molecule has 1 aliphatic rings. The minimum Gasteiger partial charge on any atom is -0.508 e. The van der Waals surface area contributed by atoms with Crippen molar-refractivity contribution in [3.05, 3.63) is 63.1 Å². The second kappa shape index (κ2) is 9.81. The van der Waals surface area contributed by atoms with Crippen LogP contribution in [0.5, 0.6) is 11.5 Å². The summed E-state index contributed by atoms with van der Waals surface area (Å²) in [5, 5.41) is 21.5. The lowest BCUT2D eigenvalue weighted by Crippen LogP contribution is -2.33. The standard InChI is InChI=1S/C23H23Cl2NO6/c1-12(2)32-8-7-26-19(13-5-4-6-15(27)9-13)18(21(29)23(26)30)20(28)16-10-14(24)11-17(25)22(16)31-3/h4-6,9-12,19,27-28H,7-8H2,1-3H3/b20-18+. The molecule has 7 nitrogen and oxygen atoms in total. The van der Waals surface area contributed by atoms with Crippen LogP contribution in [0.2, 0.25) is 10.0 Å². The van der Waals surface area contributed by atoms with Crippen molar-refractivity contribution in [1.29, 1.82) is 0 Å². The van der Waals surface area contributed by atoms with Gasteiger partial charge in [0.2, 0.25) is 0 Å². The summed E-state index contributed by atoms with van der Waals surface area (Å²) in [5.41, 5.74) is 0.357. The van der Waals surface area contributed by atoms with Crippen LogP contribution in [0, 0.1) is 0 Å². The molecule has 0 saturated carbocycles. The number of Topliss-reactive ketones (excluding diaryl/α,β-unsaturated/α-hetero) is 1. The quantitative estimate of drug-likeness (QED) is 0.343. The molecule has 2 aromatic carbocycles. The number of aromatic hydroxyl groups is 1. The molecule has 3 rings (SSSR count). The van der Waals surface area contributed by atoms with Crippen LogP contribution in [0.1, 0.15) is 31.0 Å². The number of carbonyl (C=O) groups excluding carboxylic acids is 2. The number of phenolic OH excluding ortho intramolecular Hbond substituents is 1. The summed E-state index contributed by atoms with van der Waals surface area (Å²) in [5.74, 6) is -2.09. The van der Waals surface area contributed by atoms with Crippen LogP contribution in [0.3, 0.4) is 0 Å². The second-order valence-corrected chi connectivity index (χ2v) is 8.32. The smallest absolute Gasteiger partial charge is 0.295 e. The molecule has 2 aromatic rings. The number of phenols is 1. The highest BCUT2D eigenvalue weighted by molar-refractivity contribution is 6.46. The van der Waals surface area contributed by atoms with Gasteiger partial charge in [-0.2, -0.15) is 0 Å². The van der Waals surface area contributed by atoms with Gasteiger partial charge < -0.3 is 24.6 Å². The van der Waals surface area contributed by atoms with Crippen LogP contribution in [-0.2, 0) is 14.3 Å². The number of carbonyl (C=O) groups is 2. The van der Waals surface area contributed by atoms with Crippen molar-refractivity contribution in [2.75, 3.05) is 20.3 Å². The molecular formula is C23H23Cl2NO6. The number of halogens is 2. The molecule has 0 aromatic heterocycles. The van der Waals surface area contributed by atoms with Crippen LogP contribution in [0.4, 0.5) is 0 Å². The van der Waals surface area contributed by atoms with E-state index in [1.54, 1.807) is 12.1 Å². The van der Waals surface area contributed by atoms with Gasteiger partial charge in [-0.15, -0.1) is 0 Å². The SMILES string of the molecule is COc1c(Cl)cc(Cl)cc1/C(O)=C1\C(=O)C(=O)N(CCOC(C)C)C1c1cccc(O)c1. The maximum absolute atomic E-state index is 13.0. The van der Waals surface area contributed by atoms with Crippen molar-refractivity contribution in [2.24, 2.45) is 0 Å². The Balaban J connectivity index is 2.20. The zero-order chi connectivity index (χ0) is 23.6. The Bertz CT molecular complexity index is 1080. The molecule has 9 heteroatoms. The molecule has 2 N–H and O–H groups in total. The third-order valence-corrected chi connectivity index (χ3v) is 5.48. The Hall–Kier alpha value is -2.74. The number of aliphatic hydroxyl groups excluding tert-OH is 1. The molecule has 0 radical (unpaired) electrons. The van der Waals surface area contributed by atoms with Crippen molar-refractivity contribution < 1.29 is 29.3 Å². The van der Waals surface area contributed by atoms with Crippen molar-refractivity contribution in [2.45, 2.75) is 26.0 Å². The molecule has 0 aliphatic carbocycles. The highest BCUT2D eigenvalue weighted by Crippen LogP contribution is 2.43. The number of likely N-dealkylation sites (tertiary alicyclic amines) is 1. The average Bonchev–Trinajstić information content (AvgIpc) is 2.97. The van der Waals surface area contributed by atoms with E-state index in [4.69, 9.17) is 32.7 Å². The minimum atomic E-state index is -0.958. The zero-order valence-electron chi connectivity index (χ0n) is 17.8. The van der Waals surface area contributed by atoms with E-state index in [-0.39, 0.29) is 51.9 Å². The first-order valence-corrected chi connectivity index (χ1v) is 10.6. The minimum absolute atomic E-state index is 0.0464. The molecule has 32 heavy (non-hydrogen) atoms. The van der Waals surface area contributed by atoms with Gasteiger partial charge in [-0.25, -0.2) is 0 Å². The largest absolute Gasteiger partial charge is 0.508 e. The van der Waals surface area contributed by atoms with E-state index >= 15 is 0 Å². The summed E-state index contributed by atoms with van der Waals surface area (Å²) >= 11 is 12.3. The molecule has 0 spiro atoms. The fraction of sp³-hybridized carbons (Fsp3) is 0.304. The van der Waals surface area contributed by atoms with Crippen molar-refractivity contribution in [3.63, 3.8) is 0 Å². The van der Waals surface area contributed by atoms with Crippen molar-refractivity contribution >= 4 is 40.7 Å². The molecule has 0 bridgehead atoms. The lowest BCUT2D eigenvalue weighted by atomic mass is 9.95. The molecule has 1 fully saturated rings. The van der Waals surface area contributed by atoms with Gasteiger partial charge in [0.15, 0.2) is 0 Å². The summed E-state index contributed by atoms with van der Waals surface area (Å²) in [7, 11) is 1.36. The Morgan fingerprint density at radius 3 is 2.53 bits per heavy atom. The number of rotatable bonds is 7. The maximum Gasteiger partial charge on any atom is 0.295 e. The maximum atomic E-state index is 13.0. The van der Waals surface area contributed by atoms with Crippen LogP contribution in [0.15, 0.2) is 42.0 Å². The van der Waals surface area contributed by atoms with Gasteiger partial charge in [-0.05, 0) is 43.7 Å². The Kier molecular flexibility index (Phi) is 7.33. The number of hydrogen-bond acceptors (Lipinski definition) is 6. The number of hydrogen-bond donors (Lipinski definition) is 2. The Morgan fingerprint density at radius 2 is 1.91 bits per heavy atom. The van der Waals surface area contributed by atoms with Crippen LogP contribution in [0.25, 0.3) is 5.76 Å². The van der Waals surface area contributed by atoms with Gasteiger partial charge in [0.1, 0.15) is 17.3 Å². The first-order chi connectivity index (χ1) is 15.1. The molecule has 1 amide bonds. The molecule has 1 aliphatic heterocycles. The third kappa shape index (κ3) is 4.70. The first-order valence-electron chi connectivity index (χ1n) is 9.88. The predicted octanol–water partition coefficient (Wildman–Crippen LogP) is 4.55. The number of aliphatic hydroxyl groups is 1. The van der Waals surface area contributed by atoms with Crippen LogP contribution >= 0.6 is 23.2 Å². The highest BCUT2D eigenvalue weighted by Gasteiger charge is 2.46. The Labute approximate surface area is 195 Å². The predicted molar refractivity (Wildman–Crippen MR) is 121 cm³/mol. The van der Waals surface area contributed by atoms with E-state index in [2.05, 4.69) is 0 Å². The number of benzene rings is 2. The van der Waals surface area contributed by atoms with Gasteiger partial charge >= 0.3 is 0 Å². The van der Waals surface area contributed by atoms with Gasteiger partial charge in [-0.3, -0.25) is 9.59 Å². The zero-order valence-corrected chi connectivity index (χ0v) is 19.3. The average molecular weight is 480 g/mol.